The summed E-state index contributed by atoms with van der Waals surface area (Å²) in [6, 6.07) is 8.04. The summed E-state index contributed by atoms with van der Waals surface area (Å²) < 4.78 is 7.54. The summed E-state index contributed by atoms with van der Waals surface area (Å²) in [6.45, 7) is 4.04. The van der Waals surface area contributed by atoms with Gasteiger partial charge in [0, 0.05) is 30.4 Å². The molecule has 0 bridgehead atoms. The van der Waals surface area contributed by atoms with E-state index in [1.54, 1.807) is 6.20 Å². The van der Waals surface area contributed by atoms with Crippen LogP contribution in [0.25, 0.3) is 16.9 Å². The molecule has 3 rings (SSSR count). The van der Waals surface area contributed by atoms with Gasteiger partial charge in [0.05, 0.1) is 6.10 Å². The monoisotopic (exact) mass is 253 g/mol. The quantitative estimate of drug-likeness (QED) is 0.719. The summed E-state index contributed by atoms with van der Waals surface area (Å²) >= 11 is 0. The Morgan fingerprint density at radius 3 is 2.58 bits per heavy atom. The van der Waals surface area contributed by atoms with Crippen LogP contribution in [0.3, 0.4) is 0 Å². The van der Waals surface area contributed by atoms with Crippen LogP contribution in [0.5, 0.6) is 5.75 Å². The Balaban J connectivity index is 1.92. The second kappa shape index (κ2) is 4.72. The lowest BCUT2D eigenvalue weighted by molar-refractivity contribution is 0.242. The summed E-state index contributed by atoms with van der Waals surface area (Å²) in [5, 5.41) is 0. The lowest BCUT2D eigenvalue weighted by Crippen LogP contribution is -2.05. The molecule has 96 valence electrons. The van der Waals surface area contributed by atoms with Gasteiger partial charge in [-0.15, -0.1) is 0 Å². The molecule has 0 aliphatic rings. The molecule has 4 heteroatoms. The van der Waals surface area contributed by atoms with Crippen molar-refractivity contribution in [1.29, 1.82) is 0 Å². The molecule has 4 nitrogen and oxygen atoms in total. The van der Waals surface area contributed by atoms with Crippen LogP contribution in [0, 0.1) is 0 Å². The van der Waals surface area contributed by atoms with E-state index in [1.807, 2.05) is 61.1 Å². The molecule has 0 atom stereocenters. The molecule has 0 aliphatic carbocycles. The maximum absolute atomic E-state index is 5.63. The van der Waals surface area contributed by atoms with Crippen molar-refractivity contribution in [2.75, 3.05) is 0 Å². The minimum absolute atomic E-state index is 0.190. The van der Waals surface area contributed by atoms with Crippen LogP contribution in [-0.4, -0.2) is 20.5 Å². The summed E-state index contributed by atoms with van der Waals surface area (Å²) in [5.74, 6) is 1.60. The smallest absolute Gasteiger partial charge is 0.233 e. The number of aromatic nitrogens is 3. The average molecular weight is 253 g/mol. The van der Waals surface area contributed by atoms with Gasteiger partial charge in [-0.2, -0.15) is 0 Å². The molecule has 1 aromatic carbocycles. The van der Waals surface area contributed by atoms with Gasteiger partial charge in [0.2, 0.25) is 5.78 Å². The van der Waals surface area contributed by atoms with Gasteiger partial charge in [0.25, 0.3) is 0 Å². The Bertz CT molecular complexity index is 686. The number of ether oxygens (including phenoxy) is 1. The number of hydrogen-bond acceptors (Lipinski definition) is 3. The van der Waals surface area contributed by atoms with Crippen molar-refractivity contribution in [3.05, 3.63) is 49.1 Å². The predicted molar refractivity (Wildman–Crippen MR) is 74.2 cm³/mol. The Labute approximate surface area is 111 Å². The van der Waals surface area contributed by atoms with Crippen LogP contribution in [-0.2, 0) is 0 Å². The first-order chi connectivity index (χ1) is 9.22. The van der Waals surface area contributed by atoms with E-state index < -0.39 is 0 Å². The van der Waals surface area contributed by atoms with E-state index in [0.717, 1.165) is 16.9 Å². The van der Waals surface area contributed by atoms with Crippen molar-refractivity contribution in [3.8, 4) is 16.9 Å². The Hall–Kier alpha value is -2.36. The first-order valence-electron chi connectivity index (χ1n) is 6.28. The number of rotatable bonds is 3. The van der Waals surface area contributed by atoms with Gasteiger partial charge in [0.15, 0.2) is 0 Å². The highest BCUT2D eigenvalue weighted by Gasteiger charge is 2.02. The average Bonchev–Trinajstić information content (AvgIpc) is 2.86. The lowest BCUT2D eigenvalue weighted by Gasteiger charge is -2.10. The summed E-state index contributed by atoms with van der Waals surface area (Å²) in [7, 11) is 0. The minimum atomic E-state index is 0.190. The minimum Gasteiger partial charge on any atom is -0.491 e. The molecule has 0 aliphatic heterocycles. The van der Waals surface area contributed by atoms with Gasteiger partial charge < -0.3 is 4.74 Å². The zero-order valence-electron chi connectivity index (χ0n) is 10.9. The third-order valence-electron chi connectivity index (χ3n) is 2.80. The number of hydrogen-bond donors (Lipinski definition) is 0. The van der Waals surface area contributed by atoms with Crippen molar-refractivity contribution >= 4 is 5.78 Å². The van der Waals surface area contributed by atoms with E-state index in [4.69, 9.17) is 4.74 Å². The van der Waals surface area contributed by atoms with Gasteiger partial charge in [-0.3, -0.25) is 4.40 Å². The second-order valence-corrected chi connectivity index (χ2v) is 4.67. The van der Waals surface area contributed by atoms with Crippen molar-refractivity contribution in [2.24, 2.45) is 0 Å². The molecule has 0 saturated carbocycles. The van der Waals surface area contributed by atoms with Crippen LogP contribution < -0.4 is 4.74 Å². The molecule has 0 amide bonds. The first kappa shape index (κ1) is 11.7. The molecule has 0 fully saturated rings. The molecular weight excluding hydrogens is 238 g/mol. The van der Waals surface area contributed by atoms with Crippen LogP contribution >= 0.6 is 0 Å². The highest BCUT2D eigenvalue weighted by molar-refractivity contribution is 5.63. The SMILES string of the molecule is CC(C)Oc1ccc(-c2cnc3nccn3c2)cc1. The summed E-state index contributed by atoms with van der Waals surface area (Å²) in [4.78, 5) is 8.44. The van der Waals surface area contributed by atoms with Crippen LogP contribution in [0.1, 0.15) is 13.8 Å². The number of imidazole rings is 1. The molecule has 2 aromatic heterocycles. The van der Waals surface area contributed by atoms with Gasteiger partial charge in [-0.25, -0.2) is 9.97 Å². The Morgan fingerprint density at radius 1 is 1.05 bits per heavy atom. The zero-order valence-corrected chi connectivity index (χ0v) is 10.9. The lowest BCUT2D eigenvalue weighted by atomic mass is 10.1. The van der Waals surface area contributed by atoms with E-state index in [1.165, 1.54) is 0 Å². The fourth-order valence-electron chi connectivity index (χ4n) is 1.96. The number of fused-ring (bicyclic) bond motifs is 1. The van der Waals surface area contributed by atoms with Gasteiger partial charge in [-0.1, -0.05) is 12.1 Å². The van der Waals surface area contributed by atoms with E-state index in [2.05, 4.69) is 9.97 Å². The fourth-order valence-corrected chi connectivity index (χ4v) is 1.96. The topological polar surface area (TPSA) is 39.4 Å². The zero-order chi connectivity index (χ0) is 13.2. The number of nitrogens with zero attached hydrogens (tertiary/aromatic N) is 3. The Kier molecular flexibility index (Phi) is 2.91. The molecule has 0 saturated heterocycles. The predicted octanol–water partition coefficient (Wildman–Crippen LogP) is 3.18. The maximum Gasteiger partial charge on any atom is 0.233 e. The van der Waals surface area contributed by atoms with Crippen molar-refractivity contribution in [2.45, 2.75) is 20.0 Å². The van der Waals surface area contributed by atoms with E-state index in [9.17, 15) is 0 Å². The highest BCUT2D eigenvalue weighted by Crippen LogP contribution is 2.22. The van der Waals surface area contributed by atoms with Crippen molar-refractivity contribution in [1.82, 2.24) is 14.4 Å². The third-order valence-corrected chi connectivity index (χ3v) is 2.80. The summed E-state index contributed by atoms with van der Waals surface area (Å²) in [6.07, 6.45) is 7.68. The standard InChI is InChI=1S/C15H15N3O/c1-11(2)19-14-5-3-12(4-6-14)13-9-17-15-16-7-8-18(15)10-13/h3-11H,1-2H3. The number of benzene rings is 1. The van der Waals surface area contributed by atoms with Crippen LogP contribution in [0.4, 0.5) is 0 Å². The maximum atomic E-state index is 5.63. The Morgan fingerprint density at radius 2 is 1.84 bits per heavy atom. The highest BCUT2D eigenvalue weighted by atomic mass is 16.5. The normalized spacial score (nSPS) is 11.1. The third kappa shape index (κ3) is 2.42. The molecule has 0 spiro atoms. The van der Waals surface area contributed by atoms with Gasteiger partial charge >= 0.3 is 0 Å². The van der Waals surface area contributed by atoms with Crippen LogP contribution in [0.15, 0.2) is 49.1 Å². The molecule has 0 unspecified atom stereocenters. The van der Waals surface area contributed by atoms with Gasteiger partial charge in [0.1, 0.15) is 5.75 Å². The molecule has 19 heavy (non-hydrogen) atoms. The molecule has 0 radical (unpaired) electrons. The molecular formula is C15H15N3O. The van der Waals surface area contributed by atoms with E-state index >= 15 is 0 Å². The van der Waals surface area contributed by atoms with Gasteiger partial charge in [-0.05, 0) is 31.5 Å². The first-order valence-corrected chi connectivity index (χ1v) is 6.28. The largest absolute Gasteiger partial charge is 0.491 e. The van der Waals surface area contributed by atoms with Crippen molar-refractivity contribution < 1.29 is 4.74 Å². The summed E-state index contributed by atoms with van der Waals surface area (Å²) in [5.41, 5.74) is 2.17. The van der Waals surface area contributed by atoms with E-state index in [-0.39, 0.29) is 6.10 Å². The molecule has 0 N–H and O–H groups in total. The molecule has 3 aromatic rings. The van der Waals surface area contributed by atoms with Crippen molar-refractivity contribution in [3.63, 3.8) is 0 Å². The fraction of sp³-hybridized carbons (Fsp3) is 0.200. The molecule has 2 heterocycles. The second-order valence-electron chi connectivity index (χ2n) is 4.67. The van der Waals surface area contributed by atoms with Crippen LogP contribution in [0.2, 0.25) is 0 Å². The van der Waals surface area contributed by atoms with E-state index in [0.29, 0.717) is 5.78 Å².